The number of unbranched alkanes of at least 4 members (excludes halogenated alkanes) is 1. The van der Waals surface area contributed by atoms with E-state index in [0.29, 0.717) is 6.04 Å². The van der Waals surface area contributed by atoms with Crippen molar-refractivity contribution in [2.75, 3.05) is 19.6 Å². The van der Waals surface area contributed by atoms with Crippen molar-refractivity contribution in [1.82, 2.24) is 10.2 Å². The highest BCUT2D eigenvalue weighted by Gasteiger charge is 2.18. The summed E-state index contributed by atoms with van der Waals surface area (Å²) in [5.41, 5.74) is 5.78. The number of hydrogen-bond acceptors (Lipinski definition) is 2. The van der Waals surface area contributed by atoms with Gasteiger partial charge in [-0.05, 0) is 75.4 Å². The lowest BCUT2D eigenvalue weighted by molar-refractivity contribution is 0.237. The first-order chi connectivity index (χ1) is 10.1. The molecule has 0 spiro atoms. The van der Waals surface area contributed by atoms with Gasteiger partial charge in [0.1, 0.15) is 0 Å². The van der Waals surface area contributed by atoms with Crippen molar-refractivity contribution >= 4 is 0 Å². The van der Waals surface area contributed by atoms with Crippen molar-refractivity contribution in [2.24, 2.45) is 0 Å². The van der Waals surface area contributed by atoms with Gasteiger partial charge in [-0.1, -0.05) is 25.5 Å². The quantitative estimate of drug-likeness (QED) is 0.817. The number of nitrogens with zero attached hydrogens (tertiary/aromatic N) is 1. The third-order valence-corrected chi connectivity index (χ3v) is 4.82. The van der Waals surface area contributed by atoms with Crippen LogP contribution in [0.5, 0.6) is 0 Å². The molecule has 1 unspecified atom stereocenters. The van der Waals surface area contributed by atoms with Gasteiger partial charge in [0, 0.05) is 19.1 Å². The molecule has 1 aromatic rings. The summed E-state index contributed by atoms with van der Waals surface area (Å²) in [4.78, 5) is 2.66. The first-order valence-corrected chi connectivity index (χ1v) is 8.62. The van der Waals surface area contributed by atoms with E-state index in [-0.39, 0.29) is 0 Å². The molecular formula is C19H32N2. The molecule has 2 rings (SSSR count). The predicted molar refractivity (Wildman–Crippen MR) is 91.9 cm³/mol. The fourth-order valence-corrected chi connectivity index (χ4v) is 3.27. The molecule has 0 aromatic heterocycles. The fraction of sp³-hybridized carbons (Fsp3) is 0.684. The highest BCUT2D eigenvalue weighted by Crippen LogP contribution is 2.18. The van der Waals surface area contributed by atoms with Crippen molar-refractivity contribution < 1.29 is 0 Å². The second-order valence-corrected chi connectivity index (χ2v) is 6.74. The van der Waals surface area contributed by atoms with Crippen molar-refractivity contribution in [3.05, 3.63) is 34.4 Å². The smallest absolute Gasteiger partial charge is 0.0237 e. The number of benzene rings is 1. The Bertz CT molecular complexity index is 447. The van der Waals surface area contributed by atoms with Gasteiger partial charge < -0.3 is 5.32 Å². The van der Waals surface area contributed by atoms with Gasteiger partial charge in [-0.25, -0.2) is 0 Å². The third-order valence-electron chi connectivity index (χ3n) is 4.82. The summed E-state index contributed by atoms with van der Waals surface area (Å²) in [5.74, 6) is 0. The van der Waals surface area contributed by atoms with Crippen molar-refractivity contribution in [2.45, 2.75) is 66.0 Å². The van der Waals surface area contributed by atoms with Gasteiger partial charge in [0.15, 0.2) is 0 Å². The lowest BCUT2D eigenvalue weighted by atomic mass is 10.00. The van der Waals surface area contributed by atoms with Crippen LogP contribution >= 0.6 is 0 Å². The van der Waals surface area contributed by atoms with Gasteiger partial charge in [0.25, 0.3) is 0 Å². The minimum atomic E-state index is 0.703. The largest absolute Gasteiger partial charge is 0.313 e. The SMILES string of the molecule is CCCCN(Cc1cc(C)c(C)cc1C)CC1CCCN1. The van der Waals surface area contributed by atoms with Crippen molar-refractivity contribution in [1.29, 1.82) is 0 Å². The first-order valence-electron chi connectivity index (χ1n) is 8.62. The van der Waals surface area contributed by atoms with E-state index >= 15 is 0 Å². The summed E-state index contributed by atoms with van der Waals surface area (Å²) >= 11 is 0. The molecule has 1 N–H and O–H groups in total. The van der Waals surface area contributed by atoms with E-state index in [9.17, 15) is 0 Å². The first kappa shape index (κ1) is 16.5. The topological polar surface area (TPSA) is 15.3 Å². The van der Waals surface area contributed by atoms with E-state index in [0.717, 1.165) is 6.54 Å². The van der Waals surface area contributed by atoms with Crippen LogP contribution in [0.4, 0.5) is 0 Å². The average molecular weight is 288 g/mol. The molecular weight excluding hydrogens is 256 g/mol. The minimum absolute atomic E-state index is 0.703. The van der Waals surface area contributed by atoms with Crippen LogP contribution in [0.1, 0.15) is 54.9 Å². The van der Waals surface area contributed by atoms with Crippen LogP contribution in [0.15, 0.2) is 12.1 Å². The molecule has 1 heterocycles. The molecule has 2 nitrogen and oxygen atoms in total. The Hall–Kier alpha value is -0.860. The summed E-state index contributed by atoms with van der Waals surface area (Å²) < 4.78 is 0. The maximum atomic E-state index is 3.64. The molecule has 1 aliphatic rings. The maximum Gasteiger partial charge on any atom is 0.0237 e. The molecule has 0 aliphatic carbocycles. The Labute approximate surface area is 130 Å². The second kappa shape index (κ2) is 7.95. The highest BCUT2D eigenvalue weighted by atomic mass is 15.2. The molecule has 2 heteroatoms. The normalized spacial score (nSPS) is 18.6. The molecule has 1 atom stereocenters. The zero-order chi connectivity index (χ0) is 15.2. The lowest BCUT2D eigenvalue weighted by Gasteiger charge is -2.26. The summed E-state index contributed by atoms with van der Waals surface area (Å²) in [5, 5.41) is 3.64. The molecule has 0 radical (unpaired) electrons. The molecule has 0 bridgehead atoms. The van der Waals surface area contributed by atoms with Crippen LogP contribution in [-0.4, -0.2) is 30.6 Å². The van der Waals surface area contributed by atoms with E-state index in [1.807, 2.05) is 0 Å². The van der Waals surface area contributed by atoms with Crippen molar-refractivity contribution in [3.8, 4) is 0 Å². The molecule has 1 saturated heterocycles. The number of hydrogen-bond donors (Lipinski definition) is 1. The van der Waals surface area contributed by atoms with Crippen LogP contribution in [0.3, 0.4) is 0 Å². The van der Waals surface area contributed by atoms with Gasteiger partial charge in [-0.15, -0.1) is 0 Å². The number of nitrogens with one attached hydrogen (secondary N) is 1. The van der Waals surface area contributed by atoms with Gasteiger partial charge in [-0.3, -0.25) is 4.90 Å². The van der Waals surface area contributed by atoms with E-state index in [1.165, 1.54) is 67.6 Å². The van der Waals surface area contributed by atoms with Crippen molar-refractivity contribution in [3.63, 3.8) is 0 Å². The van der Waals surface area contributed by atoms with Gasteiger partial charge >= 0.3 is 0 Å². The van der Waals surface area contributed by atoms with E-state index in [2.05, 4.69) is 50.0 Å². The summed E-state index contributed by atoms with van der Waals surface area (Å²) in [7, 11) is 0. The van der Waals surface area contributed by atoms with Gasteiger partial charge in [-0.2, -0.15) is 0 Å². The number of aryl methyl sites for hydroxylation is 3. The van der Waals surface area contributed by atoms with Crippen LogP contribution in [-0.2, 0) is 6.54 Å². The van der Waals surface area contributed by atoms with Crippen LogP contribution < -0.4 is 5.32 Å². The Morgan fingerprint density at radius 2 is 1.90 bits per heavy atom. The summed E-state index contributed by atoms with van der Waals surface area (Å²) in [6.07, 6.45) is 5.26. The second-order valence-electron chi connectivity index (χ2n) is 6.74. The van der Waals surface area contributed by atoms with E-state index in [1.54, 1.807) is 0 Å². The third kappa shape index (κ3) is 4.82. The molecule has 1 fully saturated rings. The average Bonchev–Trinajstić information content (AvgIpc) is 2.95. The van der Waals surface area contributed by atoms with Crippen LogP contribution in [0.25, 0.3) is 0 Å². The molecule has 1 aliphatic heterocycles. The molecule has 0 amide bonds. The predicted octanol–water partition coefficient (Wildman–Crippen LogP) is 3.97. The fourth-order valence-electron chi connectivity index (χ4n) is 3.27. The Balaban J connectivity index is 2.04. The minimum Gasteiger partial charge on any atom is -0.313 e. The van der Waals surface area contributed by atoms with Crippen LogP contribution in [0.2, 0.25) is 0 Å². The standard InChI is InChI=1S/C19H32N2/c1-5-6-10-21(14-19-8-7-9-20-19)13-18-12-16(3)15(2)11-17(18)4/h11-12,19-20H,5-10,13-14H2,1-4H3. The van der Waals surface area contributed by atoms with Gasteiger partial charge in [0.2, 0.25) is 0 Å². The number of rotatable bonds is 7. The van der Waals surface area contributed by atoms with Gasteiger partial charge in [0.05, 0.1) is 0 Å². The summed E-state index contributed by atoms with van der Waals surface area (Å²) in [6, 6.07) is 5.44. The molecule has 118 valence electrons. The van der Waals surface area contributed by atoms with E-state index in [4.69, 9.17) is 0 Å². The lowest BCUT2D eigenvalue weighted by Crippen LogP contribution is -2.37. The van der Waals surface area contributed by atoms with Crippen LogP contribution in [0, 0.1) is 20.8 Å². The molecule has 1 aromatic carbocycles. The highest BCUT2D eigenvalue weighted by molar-refractivity contribution is 5.36. The zero-order valence-corrected chi connectivity index (χ0v) is 14.3. The Morgan fingerprint density at radius 3 is 2.57 bits per heavy atom. The van der Waals surface area contributed by atoms with E-state index < -0.39 is 0 Å². The Morgan fingerprint density at radius 1 is 1.14 bits per heavy atom. The molecule has 21 heavy (non-hydrogen) atoms. The Kier molecular flexibility index (Phi) is 6.25. The molecule has 0 saturated carbocycles. The monoisotopic (exact) mass is 288 g/mol. The maximum absolute atomic E-state index is 3.64. The summed E-state index contributed by atoms with van der Waals surface area (Å²) in [6.45, 7) is 13.7. The zero-order valence-electron chi connectivity index (χ0n) is 14.3.